The van der Waals surface area contributed by atoms with Gasteiger partial charge in [0.25, 0.3) is 0 Å². The smallest absolute Gasteiger partial charge is 0.194 e. The maximum Gasteiger partial charge on any atom is 0.194 e. The molecule has 2 aromatic rings. The number of nitrogens with one attached hydrogen (secondary N) is 1. The molecule has 0 amide bonds. The van der Waals surface area contributed by atoms with Crippen molar-refractivity contribution in [2.24, 2.45) is 4.99 Å². The molecule has 2 heterocycles. The predicted molar refractivity (Wildman–Crippen MR) is 122 cm³/mol. The second kappa shape index (κ2) is 11.1. The van der Waals surface area contributed by atoms with Crippen molar-refractivity contribution in [3.63, 3.8) is 0 Å². The van der Waals surface area contributed by atoms with E-state index in [1.807, 2.05) is 6.07 Å². The lowest BCUT2D eigenvalue weighted by Gasteiger charge is -2.36. The lowest BCUT2D eigenvalue weighted by molar-refractivity contribution is 0.168. The minimum atomic E-state index is 0.262. The molecule has 1 aromatic carbocycles. The highest BCUT2D eigenvalue weighted by atomic mass is 16.5. The zero-order chi connectivity index (χ0) is 21.3. The second-order valence-corrected chi connectivity index (χ2v) is 8.02. The summed E-state index contributed by atoms with van der Waals surface area (Å²) < 4.78 is 4.95. The number of aromatic nitrogens is 1. The Bertz CT molecular complexity index is 764. The van der Waals surface area contributed by atoms with Crippen LogP contribution in [-0.4, -0.2) is 79.2 Å². The van der Waals surface area contributed by atoms with Crippen LogP contribution in [-0.2, 0) is 13.0 Å². The first kappa shape index (κ1) is 22.3. The Morgan fingerprint density at radius 3 is 2.43 bits per heavy atom. The minimum Gasteiger partial charge on any atom is -0.364 e. The first-order chi connectivity index (χ1) is 14.6. The van der Waals surface area contributed by atoms with Crippen LogP contribution in [0, 0.1) is 0 Å². The van der Waals surface area contributed by atoms with Crippen molar-refractivity contribution in [3.8, 4) is 0 Å². The minimum absolute atomic E-state index is 0.262. The van der Waals surface area contributed by atoms with Gasteiger partial charge in [0, 0.05) is 45.3 Å². The van der Waals surface area contributed by atoms with Gasteiger partial charge in [-0.25, -0.2) is 0 Å². The molecule has 1 N–H and O–H groups in total. The number of nitrogens with zero attached hydrogens (tertiary/aromatic N) is 5. The Hall–Kier alpha value is -2.38. The number of rotatable bonds is 8. The van der Waals surface area contributed by atoms with Crippen LogP contribution in [0.3, 0.4) is 0 Å². The third kappa shape index (κ3) is 6.06. The van der Waals surface area contributed by atoms with Gasteiger partial charge in [0.2, 0.25) is 0 Å². The molecule has 1 unspecified atom stereocenters. The summed E-state index contributed by atoms with van der Waals surface area (Å²) in [5.74, 6) is 1.01. The number of benzene rings is 1. The average Bonchev–Trinajstić information content (AvgIpc) is 3.27. The fraction of sp³-hybridized carbons (Fsp3) is 0.565. The number of piperazine rings is 1. The summed E-state index contributed by atoms with van der Waals surface area (Å²) in [6, 6.07) is 11.2. The summed E-state index contributed by atoms with van der Waals surface area (Å²) in [6.45, 7) is 10.7. The molecule has 164 valence electrons. The third-order valence-corrected chi connectivity index (χ3v) is 5.69. The predicted octanol–water partition coefficient (Wildman–Crippen LogP) is 2.62. The fourth-order valence-corrected chi connectivity index (χ4v) is 3.81. The van der Waals surface area contributed by atoms with Crippen molar-refractivity contribution >= 4 is 5.96 Å². The summed E-state index contributed by atoms with van der Waals surface area (Å²) in [5, 5.41) is 7.52. The highest BCUT2D eigenvalue weighted by molar-refractivity contribution is 5.80. The van der Waals surface area contributed by atoms with Gasteiger partial charge in [-0.15, -0.1) is 0 Å². The molecular weight excluding hydrogens is 376 g/mol. The summed E-state index contributed by atoms with van der Waals surface area (Å²) >= 11 is 0. The van der Waals surface area contributed by atoms with Crippen LogP contribution >= 0.6 is 0 Å². The number of aliphatic imine (C=N–C) groups is 1. The van der Waals surface area contributed by atoms with E-state index in [1.54, 1.807) is 6.26 Å². The standard InChI is InChI=1S/C23H36N6O/c1-5-19-7-9-20(10-8-19)22(27(3)4)17-25-23(24-6-2)29-14-12-28(13-15-29)18-21-11-16-30-26-21/h7-11,16,22H,5-6,12-15,17-18H2,1-4H3,(H,24,25). The average molecular weight is 413 g/mol. The molecule has 0 bridgehead atoms. The summed E-state index contributed by atoms with van der Waals surface area (Å²) in [7, 11) is 4.26. The SMILES string of the molecule is CCNC(=NCC(c1ccc(CC)cc1)N(C)C)N1CCN(Cc2ccon2)CC1. The van der Waals surface area contributed by atoms with Crippen molar-refractivity contribution in [2.75, 3.05) is 53.4 Å². The van der Waals surface area contributed by atoms with E-state index in [4.69, 9.17) is 9.52 Å². The maximum atomic E-state index is 5.02. The first-order valence-electron chi connectivity index (χ1n) is 11.0. The molecule has 3 rings (SSSR count). The van der Waals surface area contributed by atoms with Gasteiger partial charge < -0.3 is 19.6 Å². The van der Waals surface area contributed by atoms with E-state index in [0.29, 0.717) is 0 Å². The molecule has 0 spiro atoms. The number of hydrogen-bond donors (Lipinski definition) is 1. The molecule has 1 aliphatic heterocycles. The molecule has 1 saturated heterocycles. The molecule has 0 radical (unpaired) electrons. The molecular formula is C23H36N6O. The van der Waals surface area contributed by atoms with E-state index in [-0.39, 0.29) is 6.04 Å². The highest BCUT2D eigenvalue weighted by Gasteiger charge is 2.21. The Kier molecular flexibility index (Phi) is 8.28. The highest BCUT2D eigenvalue weighted by Crippen LogP contribution is 2.20. The van der Waals surface area contributed by atoms with Crippen LogP contribution < -0.4 is 5.32 Å². The van der Waals surface area contributed by atoms with Crippen LogP contribution in [0.1, 0.15) is 36.7 Å². The molecule has 7 nitrogen and oxygen atoms in total. The van der Waals surface area contributed by atoms with Gasteiger partial charge in [0.15, 0.2) is 5.96 Å². The molecule has 7 heteroatoms. The normalized spacial score (nSPS) is 16.8. The Morgan fingerprint density at radius 1 is 1.13 bits per heavy atom. The molecule has 1 fully saturated rings. The van der Waals surface area contributed by atoms with Gasteiger partial charge >= 0.3 is 0 Å². The fourth-order valence-electron chi connectivity index (χ4n) is 3.81. The Balaban J connectivity index is 1.62. The van der Waals surface area contributed by atoms with Gasteiger partial charge in [0.05, 0.1) is 18.3 Å². The monoisotopic (exact) mass is 412 g/mol. The number of likely N-dealkylation sites (N-methyl/N-ethyl adjacent to an activating group) is 1. The van der Waals surface area contributed by atoms with Crippen LogP contribution in [0.2, 0.25) is 0 Å². The topological polar surface area (TPSA) is 60.1 Å². The number of hydrogen-bond acceptors (Lipinski definition) is 5. The summed E-state index contributed by atoms with van der Waals surface area (Å²) in [4.78, 5) is 12.1. The van der Waals surface area contributed by atoms with E-state index in [9.17, 15) is 0 Å². The first-order valence-corrected chi connectivity index (χ1v) is 11.0. The van der Waals surface area contributed by atoms with Crippen LogP contribution in [0.25, 0.3) is 0 Å². The van der Waals surface area contributed by atoms with Crippen LogP contribution in [0.5, 0.6) is 0 Å². The van der Waals surface area contributed by atoms with E-state index in [0.717, 1.165) is 63.9 Å². The Labute approximate surface area is 180 Å². The lowest BCUT2D eigenvalue weighted by atomic mass is 10.0. The van der Waals surface area contributed by atoms with E-state index in [2.05, 4.69) is 77.4 Å². The van der Waals surface area contributed by atoms with E-state index >= 15 is 0 Å². The quantitative estimate of drug-likeness (QED) is 0.531. The largest absolute Gasteiger partial charge is 0.364 e. The van der Waals surface area contributed by atoms with Crippen molar-refractivity contribution in [1.29, 1.82) is 0 Å². The second-order valence-electron chi connectivity index (χ2n) is 8.02. The van der Waals surface area contributed by atoms with Crippen molar-refractivity contribution in [2.45, 2.75) is 32.9 Å². The van der Waals surface area contributed by atoms with E-state index in [1.165, 1.54) is 11.1 Å². The zero-order valence-electron chi connectivity index (χ0n) is 18.8. The molecule has 0 aliphatic carbocycles. The van der Waals surface area contributed by atoms with Gasteiger partial charge in [0.1, 0.15) is 6.26 Å². The number of aryl methyl sites for hydroxylation is 1. The molecule has 1 aromatic heterocycles. The molecule has 30 heavy (non-hydrogen) atoms. The van der Waals surface area contributed by atoms with Crippen molar-refractivity contribution < 1.29 is 4.52 Å². The van der Waals surface area contributed by atoms with E-state index < -0.39 is 0 Å². The third-order valence-electron chi connectivity index (χ3n) is 5.69. The molecule has 1 aliphatic rings. The van der Waals surface area contributed by atoms with Gasteiger partial charge in [-0.1, -0.05) is 36.3 Å². The summed E-state index contributed by atoms with van der Waals surface area (Å²) in [5.41, 5.74) is 3.68. The molecule has 1 atom stereocenters. The molecule has 0 saturated carbocycles. The van der Waals surface area contributed by atoms with Gasteiger partial charge in [-0.05, 0) is 38.6 Å². The lowest BCUT2D eigenvalue weighted by Crippen LogP contribution is -2.52. The summed E-state index contributed by atoms with van der Waals surface area (Å²) in [6.07, 6.45) is 2.71. The van der Waals surface area contributed by atoms with Crippen LogP contribution in [0.4, 0.5) is 0 Å². The number of guanidine groups is 1. The maximum absolute atomic E-state index is 5.02. The Morgan fingerprint density at radius 2 is 1.87 bits per heavy atom. The van der Waals surface area contributed by atoms with Crippen molar-refractivity contribution in [1.82, 2.24) is 25.2 Å². The van der Waals surface area contributed by atoms with Crippen molar-refractivity contribution in [3.05, 3.63) is 53.4 Å². The van der Waals surface area contributed by atoms with Crippen LogP contribution in [0.15, 0.2) is 46.1 Å². The van der Waals surface area contributed by atoms with Gasteiger partial charge in [-0.2, -0.15) is 0 Å². The van der Waals surface area contributed by atoms with Gasteiger partial charge in [-0.3, -0.25) is 9.89 Å². The zero-order valence-corrected chi connectivity index (χ0v) is 18.8.